The van der Waals surface area contributed by atoms with Crippen molar-refractivity contribution < 1.29 is 4.79 Å². The summed E-state index contributed by atoms with van der Waals surface area (Å²) in [5, 5.41) is 0.874. The van der Waals surface area contributed by atoms with Crippen molar-refractivity contribution in [3.8, 4) is 5.69 Å². The van der Waals surface area contributed by atoms with Gasteiger partial charge in [0.05, 0.1) is 11.4 Å². The van der Waals surface area contributed by atoms with Gasteiger partial charge in [-0.15, -0.1) is 0 Å². The van der Waals surface area contributed by atoms with E-state index in [9.17, 15) is 4.79 Å². The first-order valence-corrected chi connectivity index (χ1v) is 9.05. The van der Waals surface area contributed by atoms with Crippen LogP contribution in [0.2, 0.25) is 0 Å². The number of carbonyl (C=O) groups excluding carboxylic acids is 1. The van der Waals surface area contributed by atoms with Crippen molar-refractivity contribution in [2.24, 2.45) is 5.92 Å². The highest BCUT2D eigenvalue weighted by Gasteiger charge is 2.23. The van der Waals surface area contributed by atoms with Crippen molar-refractivity contribution in [2.45, 2.75) is 32.3 Å². The molecule has 1 aliphatic heterocycles. The number of aromatic nitrogens is 2. The molecule has 1 unspecified atom stereocenters. The number of carbonyl (C=O) groups is 1. The Morgan fingerprint density at radius 2 is 2.22 bits per heavy atom. The Labute approximate surface area is 141 Å². The molecule has 4 nitrogen and oxygen atoms in total. The number of imidazole rings is 1. The fourth-order valence-corrected chi connectivity index (χ4v) is 3.82. The summed E-state index contributed by atoms with van der Waals surface area (Å²) in [5.41, 5.74) is 3.63. The third-order valence-electron chi connectivity index (χ3n) is 4.54. The topological polar surface area (TPSA) is 38.1 Å². The molecule has 122 valence electrons. The van der Waals surface area contributed by atoms with Gasteiger partial charge in [-0.25, -0.2) is 4.98 Å². The summed E-state index contributed by atoms with van der Waals surface area (Å²) < 4.78 is 2.08. The van der Waals surface area contributed by atoms with Gasteiger partial charge in [-0.1, -0.05) is 30.8 Å². The molecule has 1 atom stereocenters. The predicted molar refractivity (Wildman–Crippen MR) is 94.1 cm³/mol. The molecule has 1 aromatic heterocycles. The number of aryl methyl sites for hydroxylation is 1. The molecular formula is C18H23N3OS. The number of hydrogen-bond acceptors (Lipinski definition) is 3. The second-order valence-corrected chi connectivity index (χ2v) is 7.26. The summed E-state index contributed by atoms with van der Waals surface area (Å²) in [4.78, 5) is 18.7. The molecule has 1 saturated heterocycles. The van der Waals surface area contributed by atoms with Gasteiger partial charge in [0.15, 0.2) is 5.16 Å². The Kier molecular flexibility index (Phi) is 4.76. The second-order valence-electron chi connectivity index (χ2n) is 6.32. The first kappa shape index (κ1) is 16.1. The lowest BCUT2D eigenvalue weighted by atomic mass is 10.1. The van der Waals surface area contributed by atoms with Gasteiger partial charge >= 0.3 is 0 Å². The van der Waals surface area contributed by atoms with Crippen molar-refractivity contribution in [3.63, 3.8) is 0 Å². The number of nitrogens with zero attached hydrogens (tertiary/aromatic N) is 3. The predicted octanol–water partition coefficient (Wildman–Crippen LogP) is 3.45. The number of benzene rings is 1. The third kappa shape index (κ3) is 3.44. The second kappa shape index (κ2) is 6.79. The third-order valence-corrected chi connectivity index (χ3v) is 5.50. The van der Waals surface area contributed by atoms with Crippen LogP contribution in [0.3, 0.4) is 0 Å². The number of amides is 1. The summed E-state index contributed by atoms with van der Waals surface area (Å²) in [5.74, 6) is 1.30. The zero-order chi connectivity index (χ0) is 16.4. The molecule has 1 fully saturated rings. The van der Waals surface area contributed by atoms with E-state index in [4.69, 9.17) is 0 Å². The van der Waals surface area contributed by atoms with E-state index < -0.39 is 0 Å². The molecular weight excluding hydrogens is 306 g/mol. The Morgan fingerprint density at radius 1 is 1.39 bits per heavy atom. The van der Waals surface area contributed by atoms with Gasteiger partial charge in [0.25, 0.3) is 0 Å². The Balaban J connectivity index is 1.72. The number of thioether (sulfide) groups is 1. The fraction of sp³-hybridized carbons (Fsp3) is 0.444. The molecule has 0 spiro atoms. The highest BCUT2D eigenvalue weighted by atomic mass is 32.2. The van der Waals surface area contributed by atoms with Crippen molar-refractivity contribution in [3.05, 3.63) is 41.7 Å². The minimum Gasteiger partial charge on any atom is -0.342 e. The van der Waals surface area contributed by atoms with E-state index in [0.29, 0.717) is 11.7 Å². The van der Waals surface area contributed by atoms with Gasteiger partial charge in [0, 0.05) is 25.5 Å². The lowest BCUT2D eigenvalue weighted by molar-refractivity contribution is -0.127. The maximum atomic E-state index is 12.3. The molecule has 0 bridgehead atoms. The summed E-state index contributed by atoms with van der Waals surface area (Å²) in [6.45, 7) is 8.22. The van der Waals surface area contributed by atoms with E-state index in [2.05, 4.69) is 48.5 Å². The van der Waals surface area contributed by atoms with Crippen LogP contribution < -0.4 is 0 Å². The maximum absolute atomic E-state index is 12.3. The molecule has 0 radical (unpaired) electrons. The minimum absolute atomic E-state index is 0.217. The normalized spacial score (nSPS) is 17.7. The van der Waals surface area contributed by atoms with Gasteiger partial charge in [0.1, 0.15) is 0 Å². The largest absolute Gasteiger partial charge is 0.342 e. The zero-order valence-corrected chi connectivity index (χ0v) is 14.8. The lowest BCUT2D eigenvalue weighted by Crippen LogP contribution is -2.30. The van der Waals surface area contributed by atoms with E-state index in [1.165, 1.54) is 22.9 Å². The van der Waals surface area contributed by atoms with E-state index in [1.54, 1.807) is 6.20 Å². The van der Waals surface area contributed by atoms with Crippen LogP contribution in [-0.4, -0.2) is 39.2 Å². The monoisotopic (exact) mass is 329 g/mol. The number of rotatable bonds is 4. The zero-order valence-electron chi connectivity index (χ0n) is 14.0. The standard InChI is InChI=1S/C18H23N3OS/c1-13-7-9-20(11-13)17(22)12-23-18-19-8-10-21(18)16-6-4-5-14(2)15(16)3/h4-6,8,10,13H,7,9,11-12H2,1-3H3. The first-order valence-electron chi connectivity index (χ1n) is 8.06. The highest BCUT2D eigenvalue weighted by molar-refractivity contribution is 7.99. The Hall–Kier alpha value is -1.75. The molecule has 1 amide bonds. The smallest absolute Gasteiger partial charge is 0.233 e. The molecule has 2 aromatic rings. The van der Waals surface area contributed by atoms with Crippen molar-refractivity contribution in [1.82, 2.24) is 14.5 Å². The Morgan fingerprint density at radius 3 is 2.96 bits per heavy atom. The van der Waals surface area contributed by atoms with Gasteiger partial charge in [-0.05, 0) is 43.4 Å². The maximum Gasteiger partial charge on any atom is 0.233 e. The van der Waals surface area contributed by atoms with Crippen LogP contribution >= 0.6 is 11.8 Å². The van der Waals surface area contributed by atoms with Crippen LogP contribution in [0.4, 0.5) is 0 Å². The van der Waals surface area contributed by atoms with Crippen LogP contribution in [0.25, 0.3) is 5.69 Å². The molecule has 3 rings (SSSR count). The molecule has 1 aromatic carbocycles. The van der Waals surface area contributed by atoms with E-state index in [-0.39, 0.29) is 5.91 Å². The van der Waals surface area contributed by atoms with Crippen molar-refractivity contribution in [1.29, 1.82) is 0 Å². The molecule has 5 heteroatoms. The van der Waals surface area contributed by atoms with E-state index in [0.717, 1.165) is 30.4 Å². The molecule has 2 heterocycles. The van der Waals surface area contributed by atoms with Crippen LogP contribution in [0.15, 0.2) is 35.7 Å². The van der Waals surface area contributed by atoms with Crippen LogP contribution in [0.1, 0.15) is 24.5 Å². The SMILES string of the molecule is Cc1cccc(-n2ccnc2SCC(=O)N2CCC(C)C2)c1C. The van der Waals surface area contributed by atoms with Gasteiger partial charge in [-0.2, -0.15) is 0 Å². The van der Waals surface area contributed by atoms with Gasteiger partial charge in [-0.3, -0.25) is 9.36 Å². The van der Waals surface area contributed by atoms with Gasteiger partial charge < -0.3 is 4.90 Å². The van der Waals surface area contributed by atoms with E-state index >= 15 is 0 Å². The fourth-order valence-electron chi connectivity index (χ4n) is 2.96. The molecule has 0 N–H and O–H groups in total. The molecule has 0 saturated carbocycles. The van der Waals surface area contributed by atoms with Crippen LogP contribution in [-0.2, 0) is 4.79 Å². The first-order chi connectivity index (χ1) is 11.1. The quantitative estimate of drug-likeness (QED) is 0.806. The van der Waals surface area contributed by atoms with Gasteiger partial charge in [0.2, 0.25) is 5.91 Å². The molecule has 23 heavy (non-hydrogen) atoms. The summed E-state index contributed by atoms with van der Waals surface area (Å²) in [6, 6.07) is 6.27. The summed E-state index contributed by atoms with van der Waals surface area (Å²) in [6.07, 6.45) is 4.88. The highest BCUT2D eigenvalue weighted by Crippen LogP contribution is 2.25. The number of likely N-dealkylation sites (tertiary alicyclic amines) is 1. The van der Waals surface area contributed by atoms with Crippen molar-refractivity contribution >= 4 is 17.7 Å². The minimum atomic E-state index is 0.217. The van der Waals surface area contributed by atoms with Crippen LogP contribution in [0.5, 0.6) is 0 Å². The number of hydrogen-bond donors (Lipinski definition) is 0. The summed E-state index contributed by atoms with van der Waals surface area (Å²) in [7, 11) is 0. The lowest BCUT2D eigenvalue weighted by Gasteiger charge is -2.16. The Bertz CT molecular complexity index is 710. The summed E-state index contributed by atoms with van der Waals surface area (Å²) >= 11 is 1.52. The van der Waals surface area contributed by atoms with Crippen molar-refractivity contribution in [2.75, 3.05) is 18.8 Å². The van der Waals surface area contributed by atoms with Crippen LogP contribution in [0, 0.1) is 19.8 Å². The molecule has 0 aliphatic carbocycles. The average molecular weight is 329 g/mol. The average Bonchev–Trinajstić information content (AvgIpc) is 3.16. The molecule has 1 aliphatic rings. The van der Waals surface area contributed by atoms with E-state index in [1.807, 2.05) is 11.1 Å².